The maximum Gasteiger partial charge on any atom is 0.141 e. The van der Waals surface area contributed by atoms with E-state index >= 15 is 0 Å². The zero-order valence-electron chi connectivity index (χ0n) is 17.8. The molecule has 4 aromatic rings. The van der Waals surface area contributed by atoms with Crippen LogP contribution in [-0.4, -0.2) is 9.55 Å². The second-order valence-electron chi connectivity index (χ2n) is 7.80. The van der Waals surface area contributed by atoms with Crippen molar-refractivity contribution >= 4 is 0 Å². The monoisotopic (exact) mass is 394 g/mol. The molecule has 0 bridgehead atoms. The molecule has 0 N–H and O–H groups in total. The van der Waals surface area contributed by atoms with Crippen molar-refractivity contribution in [1.82, 2.24) is 9.55 Å². The summed E-state index contributed by atoms with van der Waals surface area (Å²) in [5.74, 6) is 1.06. The molecule has 30 heavy (non-hydrogen) atoms. The number of benzene rings is 3. The van der Waals surface area contributed by atoms with Crippen molar-refractivity contribution in [3.63, 3.8) is 0 Å². The summed E-state index contributed by atoms with van der Waals surface area (Å²) in [7, 11) is 0. The molecule has 152 valence electrons. The van der Waals surface area contributed by atoms with Gasteiger partial charge in [0.1, 0.15) is 5.82 Å². The Bertz CT molecular complexity index is 1030. The van der Waals surface area contributed by atoms with E-state index in [2.05, 4.69) is 102 Å². The molecule has 0 aliphatic heterocycles. The van der Waals surface area contributed by atoms with Crippen molar-refractivity contribution < 1.29 is 0 Å². The van der Waals surface area contributed by atoms with Crippen LogP contribution in [0.5, 0.6) is 0 Å². The Balaban J connectivity index is 1.84. The van der Waals surface area contributed by atoms with E-state index in [4.69, 9.17) is 4.98 Å². The molecule has 1 aromatic heterocycles. The van der Waals surface area contributed by atoms with Crippen LogP contribution in [0.25, 0.3) is 33.9 Å². The fourth-order valence-electron chi connectivity index (χ4n) is 4.04. The van der Waals surface area contributed by atoms with Crippen LogP contribution in [0.15, 0.2) is 91.0 Å². The Hall–Kier alpha value is -3.13. The topological polar surface area (TPSA) is 17.8 Å². The average Bonchev–Trinajstić information content (AvgIpc) is 3.20. The van der Waals surface area contributed by atoms with Crippen molar-refractivity contribution in [2.75, 3.05) is 0 Å². The molecular formula is C28H30N2. The highest BCUT2D eigenvalue weighted by atomic mass is 15.1. The van der Waals surface area contributed by atoms with Gasteiger partial charge in [0.15, 0.2) is 0 Å². The van der Waals surface area contributed by atoms with Crippen LogP contribution in [0.4, 0.5) is 0 Å². The number of hydrogen-bond donors (Lipinski definition) is 0. The van der Waals surface area contributed by atoms with Crippen LogP contribution in [0.3, 0.4) is 0 Å². The summed E-state index contributed by atoms with van der Waals surface area (Å²) in [5.41, 5.74) is 5.84. The third kappa shape index (κ3) is 4.54. The lowest BCUT2D eigenvalue weighted by atomic mass is 10.0. The first-order valence-electron chi connectivity index (χ1n) is 11.1. The molecule has 4 rings (SSSR count). The van der Waals surface area contributed by atoms with Gasteiger partial charge in [0.25, 0.3) is 0 Å². The van der Waals surface area contributed by atoms with Crippen LogP contribution in [0, 0.1) is 0 Å². The fraction of sp³-hybridized carbons (Fsp3) is 0.250. The molecule has 0 fully saturated rings. The predicted molar refractivity (Wildman–Crippen MR) is 127 cm³/mol. The maximum absolute atomic E-state index is 5.21. The third-order valence-electron chi connectivity index (χ3n) is 5.58. The van der Waals surface area contributed by atoms with Crippen LogP contribution in [0.2, 0.25) is 0 Å². The molecule has 0 atom stereocenters. The normalized spacial score (nSPS) is 11.0. The average molecular weight is 395 g/mol. The first-order valence-corrected chi connectivity index (χ1v) is 11.1. The number of aromatic nitrogens is 2. The molecule has 0 amide bonds. The van der Waals surface area contributed by atoms with Crippen LogP contribution < -0.4 is 0 Å². The van der Waals surface area contributed by atoms with E-state index in [1.807, 2.05) is 0 Å². The Morgan fingerprint density at radius 3 is 1.73 bits per heavy atom. The molecule has 0 saturated heterocycles. The molecule has 3 aromatic carbocycles. The highest BCUT2D eigenvalue weighted by Crippen LogP contribution is 2.36. The fourth-order valence-corrected chi connectivity index (χ4v) is 4.04. The summed E-state index contributed by atoms with van der Waals surface area (Å²) in [4.78, 5) is 5.21. The Kier molecular flexibility index (Phi) is 6.76. The standard InChI is InChI=1S/C28H30N2/c1-2-3-4-5-15-22-30-27(24-18-11-7-12-19-24)26(23-16-9-6-10-17-23)29-28(30)25-20-13-8-14-21-25/h6-14,16-21H,2-5,15,22H2,1H3. The minimum Gasteiger partial charge on any atom is -0.323 e. The van der Waals surface area contributed by atoms with Gasteiger partial charge in [0.05, 0.1) is 11.4 Å². The Morgan fingerprint density at radius 1 is 0.600 bits per heavy atom. The summed E-state index contributed by atoms with van der Waals surface area (Å²) < 4.78 is 2.44. The van der Waals surface area contributed by atoms with Crippen LogP contribution >= 0.6 is 0 Å². The zero-order valence-corrected chi connectivity index (χ0v) is 17.8. The Labute approximate surface area is 180 Å². The molecule has 0 aliphatic rings. The van der Waals surface area contributed by atoms with Crippen molar-refractivity contribution in [1.29, 1.82) is 0 Å². The van der Waals surface area contributed by atoms with Gasteiger partial charge in [0.2, 0.25) is 0 Å². The highest BCUT2D eigenvalue weighted by Gasteiger charge is 2.20. The van der Waals surface area contributed by atoms with Gasteiger partial charge in [-0.2, -0.15) is 0 Å². The molecule has 0 aliphatic carbocycles. The largest absolute Gasteiger partial charge is 0.323 e. The summed E-state index contributed by atoms with van der Waals surface area (Å²) in [5, 5.41) is 0. The summed E-state index contributed by atoms with van der Waals surface area (Å²) in [6.45, 7) is 3.25. The molecule has 1 heterocycles. The van der Waals surface area contributed by atoms with Gasteiger partial charge in [-0.15, -0.1) is 0 Å². The van der Waals surface area contributed by atoms with Crippen molar-refractivity contribution in [3.05, 3.63) is 91.0 Å². The number of nitrogens with zero attached hydrogens (tertiary/aromatic N) is 2. The van der Waals surface area contributed by atoms with E-state index in [0.29, 0.717) is 0 Å². The molecule has 0 spiro atoms. The SMILES string of the molecule is CCCCCCCn1c(-c2ccccc2)nc(-c2ccccc2)c1-c1ccccc1. The van der Waals surface area contributed by atoms with Gasteiger partial charge in [0, 0.05) is 23.2 Å². The van der Waals surface area contributed by atoms with E-state index < -0.39 is 0 Å². The number of imidazole rings is 1. The van der Waals surface area contributed by atoms with Crippen molar-refractivity contribution in [3.8, 4) is 33.9 Å². The van der Waals surface area contributed by atoms with E-state index in [-0.39, 0.29) is 0 Å². The Morgan fingerprint density at radius 2 is 1.13 bits per heavy atom. The van der Waals surface area contributed by atoms with Gasteiger partial charge in [-0.3, -0.25) is 0 Å². The number of hydrogen-bond acceptors (Lipinski definition) is 1. The molecule has 0 unspecified atom stereocenters. The predicted octanol–water partition coefficient (Wildman–Crippen LogP) is 7.85. The summed E-state index contributed by atoms with van der Waals surface area (Å²) in [6, 6.07) is 31.9. The summed E-state index contributed by atoms with van der Waals surface area (Å²) in [6.07, 6.45) is 6.32. The molecule has 2 nitrogen and oxygen atoms in total. The van der Waals surface area contributed by atoms with Gasteiger partial charge in [-0.1, -0.05) is 124 Å². The van der Waals surface area contributed by atoms with Gasteiger partial charge in [-0.25, -0.2) is 4.98 Å². The second kappa shape index (κ2) is 10.1. The van der Waals surface area contributed by atoms with Crippen LogP contribution in [0.1, 0.15) is 39.0 Å². The summed E-state index contributed by atoms with van der Waals surface area (Å²) >= 11 is 0. The van der Waals surface area contributed by atoms with E-state index in [0.717, 1.165) is 18.1 Å². The molecular weight excluding hydrogens is 364 g/mol. The lowest BCUT2D eigenvalue weighted by molar-refractivity contribution is 0.573. The number of unbranched alkanes of at least 4 members (excludes halogenated alkanes) is 4. The van der Waals surface area contributed by atoms with Crippen molar-refractivity contribution in [2.45, 2.75) is 45.6 Å². The lowest BCUT2D eigenvalue weighted by Crippen LogP contribution is -2.03. The van der Waals surface area contributed by atoms with Gasteiger partial charge >= 0.3 is 0 Å². The van der Waals surface area contributed by atoms with E-state index in [9.17, 15) is 0 Å². The highest BCUT2D eigenvalue weighted by molar-refractivity contribution is 5.82. The molecule has 0 radical (unpaired) electrons. The van der Waals surface area contributed by atoms with Gasteiger partial charge < -0.3 is 4.57 Å². The minimum absolute atomic E-state index is 0.984. The van der Waals surface area contributed by atoms with Crippen LogP contribution in [-0.2, 0) is 6.54 Å². The van der Waals surface area contributed by atoms with E-state index in [1.54, 1.807) is 0 Å². The molecule has 2 heteroatoms. The second-order valence-corrected chi connectivity index (χ2v) is 7.80. The lowest BCUT2D eigenvalue weighted by Gasteiger charge is -2.13. The minimum atomic E-state index is 0.984. The smallest absolute Gasteiger partial charge is 0.141 e. The first-order chi connectivity index (χ1) is 14.9. The quantitative estimate of drug-likeness (QED) is 0.264. The van der Waals surface area contributed by atoms with Gasteiger partial charge in [-0.05, 0) is 6.42 Å². The number of rotatable bonds is 9. The van der Waals surface area contributed by atoms with E-state index in [1.165, 1.54) is 54.5 Å². The zero-order chi connectivity index (χ0) is 20.6. The maximum atomic E-state index is 5.21. The van der Waals surface area contributed by atoms with Crippen molar-refractivity contribution in [2.24, 2.45) is 0 Å². The first kappa shape index (κ1) is 20.2. The molecule has 0 saturated carbocycles. The third-order valence-corrected chi connectivity index (χ3v) is 5.58.